The molecule has 0 unspecified atom stereocenters. The first kappa shape index (κ1) is 21.6. The van der Waals surface area contributed by atoms with E-state index in [0.29, 0.717) is 23.4 Å². The van der Waals surface area contributed by atoms with Gasteiger partial charge in [-0.25, -0.2) is 9.97 Å². The van der Waals surface area contributed by atoms with Crippen molar-refractivity contribution in [2.24, 2.45) is 5.92 Å². The Kier molecular flexibility index (Phi) is 6.71. The molecule has 0 atom stereocenters. The van der Waals surface area contributed by atoms with Gasteiger partial charge in [0, 0.05) is 28.9 Å². The zero-order chi connectivity index (χ0) is 21.8. The van der Waals surface area contributed by atoms with Crippen LogP contribution in [0.5, 0.6) is 0 Å². The maximum atomic E-state index is 12.6. The maximum absolute atomic E-state index is 12.6. The van der Waals surface area contributed by atoms with E-state index >= 15 is 0 Å². The average Bonchev–Trinajstić information content (AvgIpc) is 2.77. The highest BCUT2D eigenvalue weighted by molar-refractivity contribution is 6.30. The second-order valence-electron chi connectivity index (χ2n) is 8.64. The Balaban J connectivity index is 1.33. The fraction of sp³-hybridized carbons (Fsp3) is 0.400. The summed E-state index contributed by atoms with van der Waals surface area (Å²) in [4.78, 5) is 22.1. The summed E-state index contributed by atoms with van der Waals surface area (Å²) in [6.07, 6.45) is 3.60. The number of aromatic nitrogens is 2. The van der Waals surface area contributed by atoms with Gasteiger partial charge in [0.1, 0.15) is 0 Å². The van der Waals surface area contributed by atoms with Crippen molar-refractivity contribution in [2.75, 3.05) is 5.32 Å². The minimum Gasteiger partial charge on any atom is -0.352 e. The molecule has 0 saturated heterocycles. The number of hydrogen-bond donors (Lipinski definition) is 2. The number of nitrogens with zero attached hydrogens (tertiary/aromatic N) is 2. The first-order chi connectivity index (χ1) is 15.0. The first-order valence-corrected chi connectivity index (χ1v) is 11.4. The van der Waals surface area contributed by atoms with Gasteiger partial charge in [0.15, 0.2) is 0 Å². The van der Waals surface area contributed by atoms with Crippen molar-refractivity contribution in [1.29, 1.82) is 0 Å². The number of benzene rings is 2. The molecule has 0 aliphatic heterocycles. The molecule has 1 aromatic heterocycles. The van der Waals surface area contributed by atoms with Crippen LogP contribution in [0.2, 0.25) is 5.02 Å². The second-order valence-corrected chi connectivity index (χ2v) is 9.08. The number of amides is 1. The van der Waals surface area contributed by atoms with E-state index in [1.54, 1.807) is 0 Å². The number of carbonyl (C=O) groups excluding carboxylic acids is 1. The van der Waals surface area contributed by atoms with Crippen LogP contribution in [0.4, 0.5) is 5.95 Å². The Hall–Kier alpha value is -2.66. The van der Waals surface area contributed by atoms with Gasteiger partial charge in [-0.05, 0) is 55.4 Å². The minimum absolute atomic E-state index is 0.0565. The first-order valence-electron chi connectivity index (χ1n) is 11.0. The van der Waals surface area contributed by atoms with Gasteiger partial charge in [-0.3, -0.25) is 4.79 Å². The molecular formula is C25H29ClN4O. The Morgan fingerprint density at radius 2 is 1.84 bits per heavy atom. The van der Waals surface area contributed by atoms with Crippen LogP contribution in [0.1, 0.15) is 56.7 Å². The van der Waals surface area contributed by atoms with Crippen molar-refractivity contribution in [1.82, 2.24) is 15.3 Å². The lowest BCUT2D eigenvalue weighted by Crippen LogP contribution is -2.35. The molecule has 1 amide bonds. The standard InChI is InChI=1S/C25H29ClN4O/c1-16(2)23-21-8-3-4-9-22(21)29-25(30-23)28-20-12-10-18(11-13-20)24(31)27-15-17-6-5-7-19(26)14-17/h3-9,14,16,18,20H,10-13,15H2,1-2H3,(H,27,31)(H,28,29,30)/t18-,20+. The number of nitrogens with one attached hydrogen (secondary N) is 2. The molecule has 1 fully saturated rings. The topological polar surface area (TPSA) is 66.9 Å². The van der Waals surface area contributed by atoms with Crippen LogP contribution in [-0.4, -0.2) is 21.9 Å². The van der Waals surface area contributed by atoms with E-state index in [9.17, 15) is 4.79 Å². The second kappa shape index (κ2) is 9.65. The molecule has 31 heavy (non-hydrogen) atoms. The van der Waals surface area contributed by atoms with Crippen LogP contribution in [-0.2, 0) is 11.3 Å². The molecule has 3 aromatic rings. The third kappa shape index (κ3) is 5.34. The molecule has 2 aromatic carbocycles. The Morgan fingerprint density at radius 3 is 2.58 bits per heavy atom. The lowest BCUT2D eigenvalue weighted by Gasteiger charge is -2.28. The van der Waals surface area contributed by atoms with Crippen molar-refractivity contribution >= 4 is 34.4 Å². The zero-order valence-corrected chi connectivity index (χ0v) is 18.8. The fourth-order valence-electron chi connectivity index (χ4n) is 4.27. The smallest absolute Gasteiger partial charge is 0.223 e. The van der Waals surface area contributed by atoms with Crippen LogP contribution in [0.25, 0.3) is 10.9 Å². The van der Waals surface area contributed by atoms with Crippen molar-refractivity contribution in [3.8, 4) is 0 Å². The lowest BCUT2D eigenvalue weighted by molar-refractivity contribution is -0.126. The fourth-order valence-corrected chi connectivity index (χ4v) is 4.48. The minimum atomic E-state index is 0.0565. The highest BCUT2D eigenvalue weighted by atomic mass is 35.5. The zero-order valence-electron chi connectivity index (χ0n) is 18.1. The van der Waals surface area contributed by atoms with Crippen molar-refractivity contribution in [3.63, 3.8) is 0 Å². The summed E-state index contributed by atoms with van der Waals surface area (Å²) in [6, 6.07) is 16.1. The van der Waals surface area contributed by atoms with E-state index in [0.717, 1.165) is 47.8 Å². The summed E-state index contributed by atoms with van der Waals surface area (Å²) in [5, 5.41) is 8.38. The monoisotopic (exact) mass is 436 g/mol. The van der Waals surface area contributed by atoms with Crippen LogP contribution in [0.15, 0.2) is 48.5 Å². The van der Waals surface area contributed by atoms with Crippen LogP contribution < -0.4 is 10.6 Å². The third-order valence-corrected chi connectivity index (χ3v) is 6.20. The van der Waals surface area contributed by atoms with Crippen molar-refractivity contribution in [3.05, 3.63) is 64.8 Å². The van der Waals surface area contributed by atoms with E-state index in [-0.39, 0.29) is 17.9 Å². The number of carbonyl (C=O) groups is 1. The van der Waals surface area contributed by atoms with E-state index in [1.165, 1.54) is 0 Å². The van der Waals surface area contributed by atoms with E-state index < -0.39 is 0 Å². The van der Waals surface area contributed by atoms with Crippen LogP contribution >= 0.6 is 11.6 Å². The molecule has 1 heterocycles. The average molecular weight is 437 g/mol. The highest BCUT2D eigenvalue weighted by Crippen LogP contribution is 2.28. The van der Waals surface area contributed by atoms with Gasteiger partial charge in [0.05, 0.1) is 11.2 Å². The summed E-state index contributed by atoms with van der Waals surface area (Å²) in [7, 11) is 0. The summed E-state index contributed by atoms with van der Waals surface area (Å²) in [5.41, 5.74) is 3.06. The van der Waals surface area contributed by atoms with Crippen molar-refractivity contribution < 1.29 is 4.79 Å². The highest BCUT2D eigenvalue weighted by Gasteiger charge is 2.26. The summed E-state index contributed by atoms with van der Waals surface area (Å²) in [5.74, 6) is 1.20. The molecule has 1 saturated carbocycles. The van der Waals surface area contributed by atoms with Gasteiger partial charge in [0.25, 0.3) is 0 Å². The molecule has 0 radical (unpaired) electrons. The molecule has 5 nitrogen and oxygen atoms in total. The summed E-state index contributed by atoms with van der Waals surface area (Å²) >= 11 is 6.02. The Morgan fingerprint density at radius 1 is 1.06 bits per heavy atom. The van der Waals surface area contributed by atoms with Gasteiger partial charge in [-0.1, -0.05) is 55.8 Å². The molecule has 6 heteroatoms. The quantitative estimate of drug-likeness (QED) is 0.520. The number of halogens is 1. The molecule has 0 bridgehead atoms. The number of anilines is 1. The van der Waals surface area contributed by atoms with Gasteiger partial charge in [-0.15, -0.1) is 0 Å². The van der Waals surface area contributed by atoms with Gasteiger partial charge >= 0.3 is 0 Å². The predicted molar refractivity (Wildman–Crippen MR) is 126 cm³/mol. The molecule has 0 spiro atoms. The van der Waals surface area contributed by atoms with E-state index in [1.807, 2.05) is 42.5 Å². The summed E-state index contributed by atoms with van der Waals surface area (Å²) in [6.45, 7) is 4.83. The maximum Gasteiger partial charge on any atom is 0.223 e. The number of rotatable bonds is 6. The molecule has 1 aliphatic carbocycles. The lowest BCUT2D eigenvalue weighted by atomic mass is 9.85. The summed E-state index contributed by atoms with van der Waals surface area (Å²) < 4.78 is 0. The third-order valence-electron chi connectivity index (χ3n) is 5.97. The molecule has 162 valence electrons. The van der Waals surface area contributed by atoms with E-state index in [2.05, 4.69) is 30.5 Å². The van der Waals surface area contributed by atoms with Crippen LogP contribution in [0.3, 0.4) is 0 Å². The molecular weight excluding hydrogens is 408 g/mol. The molecule has 2 N–H and O–H groups in total. The van der Waals surface area contributed by atoms with Gasteiger partial charge in [-0.2, -0.15) is 0 Å². The van der Waals surface area contributed by atoms with Crippen molar-refractivity contribution in [2.45, 2.75) is 58.0 Å². The van der Waals surface area contributed by atoms with Crippen LogP contribution in [0, 0.1) is 5.92 Å². The Bertz CT molecular complexity index is 1060. The number of hydrogen-bond acceptors (Lipinski definition) is 4. The van der Waals surface area contributed by atoms with Gasteiger partial charge in [0.2, 0.25) is 11.9 Å². The Labute approximate surface area is 188 Å². The van der Waals surface area contributed by atoms with E-state index in [4.69, 9.17) is 21.6 Å². The normalized spacial score (nSPS) is 18.8. The predicted octanol–water partition coefficient (Wildman–Crippen LogP) is 5.69. The van der Waals surface area contributed by atoms with Gasteiger partial charge < -0.3 is 10.6 Å². The molecule has 1 aliphatic rings. The number of para-hydroxylation sites is 1. The largest absolute Gasteiger partial charge is 0.352 e. The number of fused-ring (bicyclic) bond motifs is 1. The molecule has 4 rings (SSSR count). The SMILES string of the molecule is CC(C)c1nc(N[C@H]2CC[C@@H](C(=O)NCc3cccc(Cl)c3)CC2)nc2ccccc12.